The van der Waals surface area contributed by atoms with Gasteiger partial charge in [0.2, 0.25) is 0 Å². The summed E-state index contributed by atoms with van der Waals surface area (Å²) in [7, 11) is 2.05. The third kappa shape index (κ3) is 3.33. The van der Waals surface area contributed by atoms with Crippen LogP contribution in [0.15, 0.2) is 16.6 Å². The van der Waals surface area contributed by atoms with Crippen LogP contribution < -0.4 is 5.32 Å². The van der Waals surface area contributed by atoms with Crippen molar-refractivity contribution in [3.05, 3.63) is 33.3 Å². The fourth-order valence-corrected chi connectivity index (χ4v) is 2.51. The van der Waals surface area contributed by atoms with E-state index in [4.69, 9.17) is 0 Å². The van der Waals surface area contributed by atoms with Crippen LogP contribution >= 0.6 is 15.9 Å². The van der Waals surface area contributed by atoms with Crippen molar-refractivity contribution in [2.75, 3.05) is 7.05 Å². The van der Waals surface area contributed by atoms with E-state index < -0.39 is 0 Å². The standard InChI is InChI=1S/C14H22BrN/c1-9(2)6-14(16-5)12-7-11(4)13(15)8-10(12)3/h7-9,14,16H,6H2,1-5H3. The van der Waals surface area contributed by atoms with E-state index in [0.717, 1.165) is 0 Å². The van der Waals surface area contributed by atoms with Crippen LogP contribution in [-0.2, 0) is 0 Å². The second-order valence-electron chi connectivity index (χ2n) is 4.93. The van der Waals surface area contributed by atoms with Gasteiger partial charge in [-0.05, 0) is 56.0 Å². The van der Waals surface area contributed by atoms with Crippen LogP contribution in [-0.4, -0.2) is 7.05 Å². The minimum absolute atomic E-state index is 0.465. The van der Waals surface area contributed by atoms with Crippen LogP contribution in [0.5, 0.6) is 0 Å². The summed E-state index contributed by atoms with van der Waals surface area (Å²) in [6.45, 7) is 8.87. The average Bonchev–Trinajstić information content (AvgIpc) is 2.20. The van der Waals surface area contributed by atoms with Gasteiger partial charge in [-0.2, -0.15) is 0 Å². The maximum absolute atomic E-state index is 3.58. The molecule has 1 aromatic rings. The van der Waals surface area contributed by atoms with Crippen LogP contribution in [0.25, 0.3) is 0 Å². The molecule has 1 unspecified atom stereocenters. The van der Waals surface area contributed by atoms with Gasteiger partial charge in [-0.25, -0.2) is 0 Å². The molecule has 16 heavy (non-hydrogen) atoms. The van der Waals surface area contributed by atoms with Crippen molar-refractivity contribution in [1.82, 2.24) is 5.32 Å². The van der Waals surface area contributed by atoms with E-state index in [1.807, 2.05) is 7.05 Å². The SMILES string of the molecule is CNC(CC(C)C)c1cc(C)c(Br)cc1C. The molecule has 0 saturated heterocycles. The summed E-state index contributed by atoms with van der Waals surface area (Å²) in [6.07, 6.45) is 1.18. The van der Waals surface area contributed by atoms with Crippen molar-refractivity contribution in [3.8, 4) is 0 Å². The van der Waals surface area contributed by atoms with Gasteiger partial charge in [0, 0.05) is 10.5 Å². The molecule has 0 aromatic heterocycles. The maximum atomic E-state index is 3.58. The summed E-state index contributed by atoms with van der Waals surface area (Å²) in [5.74, 6) is 0.709. The lowest BCUT2D eigenvalue weighted by atomic mass is 9.93. The highest BCUT2D eigenvalue weighted by molar-refractivity contribution is 9.10. The molecular formula is C14H22BrN. The lowest BCUT2D eigenvalue weighted by molar-refractivity contribution is 0.455. The van der Waals surface area contributed by atoms with Crippen molar-refractivity contribution in [1.29, 1.82) is 0 Å². The first kappa shape index (κ1) is 13.7. The monoisotopic (exact) mass is 283 g/mol. The van der Waals surface area contributed by atoms with Crippen molar-refractivity contribution in [2.45, 2.75) is 40.2 Å². The molecule has 0 bridgehead atoms. The molecule has 0 saturated carbocycles. The molecule has 1 N–H and O–H groups in total. The Hall–Kier alpha value is -0.340. The van der Waals surface area contributed by atoms with Gasteiger partial charge in [0.25, 0.3) is 0 Å². The Kier molecular flexibility index (Phi) is 5.00. The van der Waals surface area contributed by atoms with Gasteiger partial charge in [0.1, 0.15) is 0 Å². The Labute approximate surface area is 108 Å². The first-order valence-corrected chi connectivity index (χ1v) is 6.69. The molecule has 1 nitrogen and oxygen atoms in total. The fraction of sp³-hybridized carbons (Fsp3) is 0.571. The van der Waals surface area contributed by atoms with Crippen molar-refractivity contribution in [3.63, 3.8) is 0 Å². The Bertz CT molecular complexity index is 358. The normalized spacial score (nSPS) is 13.2. The van der Waals surface area contributed by atoms with E-state index in [9.17, 15) is 0 Å². The Morgan fingerprint density at radius 2 is 1.81 bits per heavy atom. The van der Waals surface area contributed by atoms with Crippen LogP contribution in [0.1, 0.15) is 43.0 Å². The molecule has 1 aromatic carbocycles. The van der Waals surface area contributed by atoms with Gasteiger partial charge in [0.05, 0.1) is 0 Å². The first-order valence-electron chi connectivity index (χ1n) is 5.89. The molecule has 2 heteroatoms. The highest BCUT2D eigenvalue weighted by Gasteiger charge is 2.14. The number of hydrogen-bond donors (Lipinski definition) is 1. The number of nitrogens with one attached hydrogen (secondary N) is 1. The Morgan fingerprint density at radius 1 is 1.19 bits per heavy atom. The third-order valence-corrected chi connectivity index (χ3v) is 3.83. The molecule has 0 aliphatic rings. The fourth-order valence-electron chi connectivity index (χ4n) is 2.05. The topological polar surface area (TPSA) is 12.0 Å². The van der Waals surface area contributed by atoms with Crippen molar-refractivity contribution in [2.24, 2.45) is 5.92 Å². The number of hydrogen-bond acceptors (Lipinski definition) is 1. The van der Waals surface area contributed by atoms with Gasteiger partial charge >= 0.3 is 0 Å². The third-order valence-electron chi connectivity index (χ3n) is 2.98. The number of benzene rings is 1. The number of halogens is 1. The lowest BCUT2D eigenvalue weighted by Crippen LogP contribution is -2.19. The van der Waals surface area contributed by atoms with E-state index in [0.29, 0.717) is 12.0 Å². The molecule has 1 rings (SSSR count). The quantitative estimate of drug-likeness (QED) is 0.865. The summed E-state index contributed by atoms with van der Waals surface area (Å²) in [5, 5.41) is 3.42. The van der Waals surface area contributed by atoms with Gasteiger partial charge in [0.15, 0.2) is 0 Å². The molecule has 0 amide bonds. The van der Waals surface area contributed by atoms with E-state index in [1.54, 1.807) is 0 Å². The highest BCUT2D eigenvalue weighted by Crippen LogP contribution is 2.28. The zero-order valence-electron chi connectivity index (χ0n) is 10.9. The summed E-state index contributed by atoms with van der Waals surface area (Å²) in [5.41, 5.74) is 4.10. The zero-order valence-corrected chi connectivity index (χ0v) is 12.5. The lowest BCUT2D eigenvalue weighted by Gasteiger charge is -2.21. The summed E-state index contributed by atoms with van der Waals surface area (Å²) in [6, 6.07) is 4.98. The van der Waals surface area contributed by atoms with Crippen molar-refractivity contribution >= 4 is 15.9 Å². The summed E-state index contributed by atoms with van der Waals surface area (Å²) >= 11 is 3.58. The van der Waals surface area contributed by atoms with Crippen LogP contribution in [0.3, 0.4) is 0 Å². The van der Waals surface area contributed by atoms with E-state index in [-0.39, 0.29) is 0 Å². The van der Waals surface area contributed by atoms with E-state index in [1.165, 1.54) is 27.6 Å². The van der Waals surface area contributed by atoms with Crippen LogP contribution in [0, 0.1) is 19.8 Å². The molecule has 90 valence electrons. The van der Waals surface area contributed by atoms with Crippen molar-refractivity contribution < 1.29 is 0 Å². The number of aryl methyl sites for hydroxylation is 2. The van der Waals surface area contributed by atoms with Gasteiger partial charge in [-0.15, -0.1) is 0 Å². The molecule has 0 heterocycles. The molecule has 0 fully saturated rings. The van der Waals surface area contributed by atoms with E-state index >= 15 is 0 Å². The van der Waals surface area contributed by atoms with E-state index in [2.05, 4.69) is 61.1 Å². The first-order chi connectivity index (χ1) is 7.45. The Morgan fingerprint density at radius 3 is 2.31 bits per heavy atom. The molecule has 0 radical (unpaired) electrons. The van der Waals surface area contributed by atoms with Crippen LogP contribution in [0.4, 0.5) is 0 Å². The molecule has 1 atom stereocenters. The van der Waals surface area contributed by atoms with Crippen LogP contribution in [0.2, 0.25) is 0 Å². The second-order valence-corrected chi connectivity index (χ2v) is 5.78. The largest absolute Gasteiger partial charge is 0.313 e. The van der Waals surface area contributed by atoms with Gasteiger partial charge in [-0.3, -0.25) is 0 Å². The molecular weight excluding hydrogens is 262 g/mol. The predicted octanol–water partition coefficient (Wildman–Crippen LogP) is 4.37. The number of rotatable bonds is 4. The molecule has 0 aliphatic carbocycles. The zero-order chi connectivity index (χ0) is 12.3. The molecule has 0 spiro atoms. The minimum Gasteiger partial charge on any atom is -0.313 e. The molecule has 0 aliphatic heterocycles. The highest BCUT2D eigenvalue weighted by atomic mass is 79.9. The van der Waals surface area contributed by atoms with Gasteiger partial charge in [-0.1, -0.05) is 35.8 Å². The van der Waals surface area contributed by atoms with Gasteiger partial charge < -0.3 is 5.32 Å². The average molecular weight is 284 g/mol. The second kappa shape index (κ2) is 5.83. The summed E-state index contributed by atoms with van der Waals surface area (Å²) < 4.78 is 1.20. The summed E-state index contributed by atoms with van der Waals surface area (Å²) in [4.78, 5) is 0. The maximum Gasteiger partial charge on any atom is 0.0322 e. The predicted molar refractivity (Wildman–Crippen MR) is 74.9 cm³/mol. The smallest absolute Gasteiger partial charge is 0.0322 e. The Balaban J connectivity index is 3.05. The minimum atomic E-state index is 0.465.